The van der Waals surface area contributed by atoms with Crippen LogP contribution < -0.4 is 5.32 Å². The molecule has 2 aromatic carbocycles. The van der Waals surface area contributed by atoms with Gasteiger partial charge in [0, 0.05) is 6.07 Å². The minimum absolute atomic E-state index is 0.186. The van der Waals surface area contributed by atoms with Crippen LogP contribution in [0.4, 0.5) is 19.3 Å². The van der Waals surface area contributed by atoms with Gasteiger partial charge in [-0.25, -0.2) is 8.78 Å². The first-order chi connectivity index (χ1) is 12.4. The van der Waals surface area contributed by atoms with Crippen molar-refractivity contribution in [2.75, 3.05) is 11.9 Å². The van der Waals surface area contributed by atoms with Gasteiger partial charge in [-0.2, -0.15) is 0 Å². The monoisotopic (exact) mass is 374 g/mol. The molecule has 5 nitrogen and oxygen atoms in total. The molecule has 0 unspecified atom stereocenters. The Balaban J connectivity index is 1.70. The van der Waals surface area contributed by atoms with Crippen LogP contribution in [0.25, 0.3) is 6.08 Å². The number of anilines is 1. The van der Waals surface area contributed by atoms with E-state index in [0.717, 1.165) is 28.7 Å². The predicted molar refractivity (Wildman–Crippen MR) is 94.1 cm³/mol. The van der Waals surface area contributed by atoms with Crippen LogP contribution in [0.5, 0.6) is 0 Å². The van der Waals surface area contributed by atoms with E-state index in [1.807, 2.05) is 6.07 Å². The first-order valence-electron chi connectivity index (χ1n) is 7.49. The molecule has 0 aromatic heterocycles. The molecule has 1 heterocycles. The molecule has 0 bridgehead atoms. The van der Waals surface area contributed by atoms with Gasteiger partial charge in [0.2, 0.25) is 5.91 Å². The minimum Gasteiger partial charge on any atom is -0.322 e. The summed E-state index contributed by atoms with van der Waals surface area (Å²) in [5, 5.41) is 1.55. The first kappa shape index (κ1) is 17.8. The maximum Gasteiger partial charge on any atom is 0.294 e. The van der Waals surface area contributed by atoms with E-state index in [-0.39, 0.29) is 10.6 Å². The average Bonchev–Trinajstić information content (AvgIpc) is 2.86. The van der Waals surface area contributed by atoms with Gasteiger partial charge in [0.05, 0.1) is 10.6 Å². The van der Waals surface area contributed by atoms with Gasteiger partial charge in [-0.3, -0.25) is 19.3 Å². The second-order valence-corrected chi connectivity index (χ2v) is 6.34. The van der Waals surface area contributed by atoms with Crippen molar-refractivity contribution >= 4 is 40.6 Å². The molecular formula is C18H12F2N2O3S. The zero-order chi connectivity index (χ0) is 18.7. The van der Waals surface area contributed by atoms with E-state index in [2.05, 4.69) is 5.32 Å². The zero-order valence-corrected chi connectivity index (χ0v) is 14.1. The SMILES string of the molecule is O=C(CN1C(=O)S/C(=C/c2ccccc2)C1=O)Nc1cc(F)ccc1F. The largest absolute Gasteiger partial charge is 0.322 e. The highest BCUT2D eigenvalue weighted by molar-refractivity contribution is 8.18. The van der Waals surface area contributed by atoms with Crippen molar-refractivity contribution < 1.29 is 23.2 Å². The summed E-state index contributed by atoms with van der Waals surface area (Å²) in [6.45, 7) is -0.591. The van der Waals surface area contributed by atoms with E-state index in [9.17, 15) is 23.2 Å². The fourth-order valence-electron chi connectivity index (χ4n) is 2.26. The molecule has 26 heavy (non-hydrogen) atoms. The molecule has 0 radical (unpaired) electrons. The maximum absolute atomic E-state index is 13.6. The van der Waals surface area contributed by atoms with Crippen LogP contribution in [0.3, 0.4) is 0 Å². The van der Waals surface area contributed by atoms with Crippen LogP contribution in [-0.2, 0) is 9.59 Å². The van der Waals surface area contributed by atoms with Crippen molar-refractivity contribution in [1.82, 2.24) is 4.90 Å². The Labute approximate surface area is 151 Å². The molecule has 2 aromatic rings. The number of carbonyl (C=O) groups excluding carboxylic acids is 3. The van der Waals surface area contributed by atoms with Crippen LogP contribution in [-0.4, -0.2) is 28.5 Å². The summed E-state index contributed by atoms with van der Waals surface area (Å²) in [5.41, 5.74) is 0.381. The molecule has 8 heteroatoms. The number of nitrogens with one attached hydrogen (secondary N) is 1. The van der Waals surface area contributed by atoms with Gasteiger partial charge in [-0.15, -0.1) is 0 Å². The Morgan fingerprint density at radius 1 is 1.12 bits per heavy atom. The Morgan fingerprint density at radius 3 is 2.58 bits per heavy atom. The summed E-state index contributed by atoms with van der Waals surface area (Å²) in [4.78, 5) is 37.3. The highest BCUT2D eigenvalue weighted by Crippen LogP contribution is 2.32. The van der Waals surface area contributed by atoms with Crippen molar-refractivity contribution in [3.63, 3.8) is 0 Å². The number of hydrogen-bond acceptors (Lipinski definition) is 4. The Hall–Kier alpha value is -3.00. The molecule has 0 atom stereocenters. The number of rotatable bonds is 4. The summed E-state index contributed by atoms with van der Waals surface area (Å²) in [6.07, 6.45) is 1.55. The second-order valence-electron chi connectivity index (χ2n) is 5.35. The van der Waals surface area contributed by atoms with E-state index >= 15 is 0 Å². The lowest BCUT2D eigenvalue weighted by Gasteiger charge is -2.12. The second kappa shape index (κ2) is 7.49. The molecule has 132 valence electrons. The summed E-state index contributed by atoms with van der Waals surface area (Å²) in [5.74, 6) is -2.96. The van der Waals surface area contributed by atoms with Gasteiger partial charge >= 0.3 is 0 Å². The number of halogens is 2. The third-order valence-corrected chi connectivity index (χ3v) is 4.38. The number of benzene rings is 2. The topological polar surface area (TPSA) is 66.5 Å². The Bertz CT molecular complexity index is 916. The van der Waals surface area contributed by atoms with Gasteiger partial charge < -0.3 is 5.32 Å². The number of nitrogens with zero attached hydrogens (tertiary/aromatic N) is 1. The lowest BCUT2D eigenvalue weighted by Crippen LogP contribution is -2.36. The molecule has 0 aliphatic carbocycles. The summed E-state index contributed by atoms with van der Waals surface area (Å²) in [6, 6.07) is 11.5. The highest BCUT2D eigenvalue weighted by atomic mass is 32.2. The molecule has 1 N–H and O–H groups in total. The van der Waals surface area contributed by atoms with Crippen molar-refractivity contribution in [3.05, 3.63) is 70.6 Å². The third kappa shape index (κ3) is 3.97. The number of amides is 3. The maximum atomic E-state index is 13.6. The number of imide groups is 1. The van der Waals surface area contributed by atoms with Crippen molar-refractivity contribution in [3.8, 4) is 0 Å². The predicted octanol–water partition coefficient (Wildman–Crippen LogP) is 3.64. The lowest BCUT2D eigenvalue weighted by molar-refractivity contribution is -0.127. The van der Waals surface area contributed by atoms with Gasteiger partial charge in [0.1, 0.15) is 18.2 Å². The van der Waals surface area contributed by atoms with Gasteiger partial charge in [-0.1, -0.05) is 30.3 Å². The van der Waals surface area contributed by atoms with E-state index in [1.54, 1.807) is 30.3 Å². The summed E-state index contributed by atoms with van der Waals surface area (Å²) < 4.78 is 26.7. The van der Waals surface area contributed by atoms with Crippen molar-refractivity contribution in [1.29, 1.82) is 0 Å². The van der Waals surface area contributed by atoms with Gasteiger partial charge in [0.25, 0.3) is 11.1 Å². The van der Waals surface area contributed by atoms with E-state index in [1.165, 1.54) is 0 Å². The van der Waals surface area contributed by atoms with E-state index in [0.29, 0.717) is 11.8 Å². The van der Waals surface area contributed by atoms with Crippen LogP contribution in [0.1, 0.15) is 5.56 Å². The van der Waals surface area contributed by atoms with Crippen LogP contribution in [0.15, 0.2) is 53.4 Å². The average molecular weight is 374 g/mol. The van der Waals surface area contributed by atoms with Crippen LogP contribution in [0, 0.1) is 11.6 Å². The number of hydrogen-bond donors (Lipinski definition) is 1. The molecule has 1 saturated heterocycles. The molecule has 1 aliphatic rings. The van der Waals surface area contributed by atoms with Gasteiger partial charge in [-0.05, 0) is 35.5 Å². The smallest absolute Gasteiger partial charge is 0.294 e. The molecule has 1 aliphatic heterocycles. The summed E-state index contributed by atoms with van der Waals surface area (Å²) in [7, 11) is 0. The molecule has 3 amide bonds. The highest BCUT2D eigenvalue weighted by Gasteiger charge is 2.36. The summed E-state index contributed by atoms with van der Waals surface area (Å²) >= 11 is 0.715. The minimum atomic E-state index is -0.821. The lowest BCUT2D eigenvalue weighted by atomic mass is 10.2. The zero-order valence-electron chi connectivity index (χ0n) is 13.2. The Morgan fingerprint density at radius 2 is 1.85 bits per heavy atom. The normalized spacial score (nSPS) is 15.6. The molecular weight excluding hydrogens is 362 g/mol. The standard InChI is InChI=1S/C18H12F2N2O3S/c19-12-6-7-13(20)14(9-12)21-16(23)10-22-17(24)15(26-18(22)25)8-11-4-2-1-3-5-11/h1-9H,10H2,(H,21,23)/b15-8+. The van der Waals surface area contributed by atoms with Crippen LogP contribution >= 0.6 is 11.8 Å². The van der Waals surface area contributed by atoms with Gasteiger partial charge in [0.15, 0.2) is 0 Å². The fraction of sp³-hybridized carbons (Fsp3) is 0.0556. The molecule has 0 saturated carbocycles. The van der Waals surface area contributed by atoms with Crippen LogP contribution in [0.2, 0.25) is 0 Å². The van der Waals surface area contributed by atoms with Crippen molar-refractivity contribution in [2.24, 2.45) is 0 Å². The number of carbonyl (C=O) groups is 3. The first-order valence-corrected chi connectivity index (χ1v) is 8.31. The quantitative estimate of drug-likeness (QED) is 0.830. The van der Waals surface area contributed by atoms with E-state index in [4.69, 9.17) is 0 Å². The van der Waals surface area contributed by atoms with E-state index < -0.39 is 35.2 Å². The molecule has 0 spiro atoms. The van der Waals surface area contributed by atoms with Crippen molar-refractivity contribution in [2.45, 2.75) is 0 Å². The molecule has 3 rings (SSSR count). The molecule has 1 fully saturated rings. The Kier molecular flexibility index (Phi) is 5.13. The number of thioether (sulfide) groups is 1. The fourth-order valence-corrected chi connectivity index (χ4v) is 3.10. The third-order valence-electron chi connectivity index (χ3n) is 3.48.